The summed E-state index contributed by atoms with van der Waals surface area (Å²) in [6.07, 6.45) is 4.71. The van der Waals surface area contributed by atoms with Gasteiger partial charge in [0.25, 0.3) is 0 Å². The fourth-order valence-electron chi connectivity index (χ4n) is 1.43. The normalized spacial score (nSPS) is 23.1. The molecule has 0 N–H and O–H groups in total. The molecule has 0 spiro atoms. The van der Waals surface area contributed by atoms with Crippen LogP contribution in [0.25, 0.3) is 0 Å². The molecule has 84 valence electrons. The summed E-state index contributed by atoms with van der Waals surface area (Å²) in [5.74, 6) is 0. The van der Waals surface area contributed by atoms with Crippen molar-refractivity contribution in [1.82, 2.24) is 0 Å². The lowest BCUT2D eigenvalue weighted by atomic mass is 10.1. The van der Waals surface area contributed by atoms with Crippen molar-refractivity contribution in [2.75, 3.05) is 13.2 Å². The first-order chi connectivity index (χ1) is 6.83. The number of alkyl halides is 1. The fourth-order valence-corrected chi connectivity index (χ4v) is 1.43. The summed E-state index contributed by atoms with van der Waals surface area (Å²) in [5, 5.41) is 0. The van der Waals surface area contributed by atoms with Gasteiger partial charge in [-0.2, -0.15) is 0 Å². The van der Waals surface area contributed by atoms with Gasteiger partial charge in [-0.1, -0.05) is 26.2 Å². The number of hydrogen-bond donors (Lipinski definition) is 0. The molecule has 1 saturated heterocycles. The monoisotopic (exact) mass is 204 g/mol. The Hall–Kier alpha value is -0.150. The summed E-state index contributed by atoms with van der Waals surface area (Å²) in [5.41, 5.74) is 0. The van der Waals surface area contributed by atoms with Crippen LogP contribution in [0.2, 0.25) is 0 Å². The first kappa shape index (κ1) is 11.9. The van der Waals surface area contributed by atoms with Gasteiger partial charge < -0.3 is 9.47 Å². The molecular formula is C11H21FO2. The zero-order chi connectivity index (χ0) is 10.2. The highest BCUT2D eigenvalue weighted by molar-refractivity contribution is 4.58. The molecule has 1 fully saturated rings. The second kappa shape index (κ2) is 7.18. The van der Waals surface area contributed by atoms with Crippen LogP contribution in [0.5, 0.6) is 0 Å². The lowest BCUT2D eigenvalue weighted by Crippen LogP contribution is -2.30. The van der Waals surface area contributed by atoms with Crippen LogP contribution in [0.3, 0.4) is 0 Å². The van der Waals surface area contributed by atoms with Gasteiger partial charge in [0.15, 0.2) is 6.29 Å². The van der Waals surface area contributed by atoms with Crippen molar-refractivity contribution in [1.29, 1.82) is 0 Å². The molecule has 0 radical (unpaired) electrons. The largest absolute Gasteiger partial charge is 0.352 e. The van der Waals surface area contributed by atoms with E-state index in [1.165, 1.54) is 0 Å². The fraction of sp³-hybridized carbons (Fsp3) is 1.00. The van der Waals surface area contributed by atoms with E-state index in [0.29, 0.717) is 19.4 Å². The van der Waals surface area contributed by atoms with Crippen LogP contribution in [-0.2, 0) is 9.47 Å². The first-order valence-corrected chi connectivity index (χ1v) is 5.70. The predicted octanol–water partition coefficient (Wildman–Crippen LogP) is 3.06. The van der Waals surface area contributed by atoms with Crippen LogP contribution in [0.1, 0.15) is 45.4 Å². The molecule has 0 aromatic rings. The standard InChI is InChI=1S/C11H21FO2/c1-2-3-4-5-10(12)6-8-13-11-7-9-14-11/h10-11H,2-9H2,1H3. The molecule has 0 aliphatic carbocycles. The molecule has 1 aliphatic heterocycles. The molecule has 0 aromatic heterocycles. The summed E-state index contributed by atoms with van der Waals surface area (Å²) < 4.78 is 23.5. The third kappa shape index (κ3) is 4.91. The highest BCUT2D eigenvalue weighted by Gasteiger charge is 2.18. The highest BCUT2D eigenvalue weighted by Crippen LogP contribution is 2.14. The van der Waals surface area contributed by atoms with E-state index in [9.17, 15) is 4.39 Å². The van der Waals surface area contributed by atoms with Gasteiger partial charge in [-0.15, -0.1) is 0 Å². The summed E-state index contributed by atoms with van der Waals surface area (Å²) in [4.78, 5) is 0. The molecule has 0 saturated carbocycles. The van der Waals surface area contributed by atoms with E-state index in [-0.39, 0.29) is 6.29 Å². The van der Waals surface area contributed by atoms with Crippen LogP contribution in [0.4, 0.5) is 4.39 Å². The molecule has 3 heteroatoms. The van der Waals surface area contributed by atoms with E-state index in [0.717, 1.165) is 32.3 Å². The van der Waals surface area contributed by atoms with Crippen molar-refractivity contribution in [2.45, 2.75) is 57.9 Å². The van der Waals surface area contributed by atoms with Crippen LogP contribution in [0, 0.1) is 0 Å². The minimum Gasteiger partial charge on any atom is -0.352 e. The first-order valence-electron chi connectivity index (χ1n) is 5.70. The average Bonchev–Trinajstić information content (AvgIpc) is 2.10. The predicted molar refractivity (Wildman–Crippen MR) is 54.0 cm³/mol. The van der Waals surface area contributed by atoms with E-state index in [4.69, 9.17) is 9.47 Å². The van der Waals surface area contributed by atoms with Crippen molar-refractivity contribution in [3.05, 3.63) is 0 Å². The van der Waals surface area contributed by atoms with E-state index in [1.54, 1.807) is 0 Å². The Balaban J connectivity index is 1.84. The molecule has 0 bridgehead atoms. The molecule has 2 atom stereocenters. The zero-order valence-electron chi connectivity index (χ0n) is 9.01. The Bertz CT molecular complexity index is 137. The number of ether oxygens (including phenoxy) is 2. The lowest BCUT2D eigenvalue weighted by molar-refractivity contribution is -0.215. The Kier molecular flexibility index (Phi) is 6.12. The molecule has 2 unspecified atom stereocenters. The smallest absolute Gasteiger partial charge is 0.159 e. The van der Waals surface area contributed by atoms with Gasteiger partial charge in [0.2, 0.25) is 0 Å². The van der Waals surface area contributed by atoms with E-state index in [1.807, 2.05) is 0 Å². The third-order valence-electron chi connectivity index (χ3n) is 2.51. The van der Waals surface area contributed by atoms with Gasteiger partial charge in [-0.05, 0) is 6.42 Å². The van der Waals surface area contributed by atoms with Crippen molar-refractivity contribution < 1.29 is 13.9 Å². The molecule has 1 heterocycles. The third-order valence-corrected chi connectivity index (χ3v) is 2.51. The quantitative estimate of drug-likeness (QED) is 0.566. The second-order valence-electron chi connectivity index (χ2n) is 3.84. The van der Waals surface area contributed by atoms with Crippen molar-refractivity contribution in [3.63, 3.8) is 0 Å². The SMILES string of the molecule is CCCCCC(F)CCOC1CCO1. The van der Waals surface area contributed by atoms with Gasteiger partial charge in [0.1, 0.15) is 6.17 Å². The number of unbranched alkanes of at least 4 members (excludes halogenated alkanes) is 2. The summed E-state index contributed by atoms with van der Waals surface area (Å²) >= 11 is 0. The maximum atomic E-state index is 13.2. The van der Waals surface area contributed by atoms with Crippen molar-refractivity contribution in [2.24, 2.45) is 0 Å². The number of halogens is 1. The second-order valence-corrected chi connectivity index (χ2v) is 3.84. The Labute approximate surface area is 85.8 Å². The molecule has 2 nitrogen and oxygen atoms in total. The Morgan fingerprint density at radius 1 is 1.43 bits per heavy atom. The minimum absolute atomic E-state index is 0.0437. The number of hydrogen-bond acceptors (Lipinski definition) is 2. The van der Waals surface area contributed by atoms with E-state index >= 15 is 0 Å². The summed E-state index contributed by atoms with van der Waals surface area (Å²) in [7, 11) is 0. The molecule has 14 heavy (non-hydrogen) atoms. The topological polar surface area (TPSA) is 18.5 Å². The Morgan fingerprint density at radius 2 is 2.21 bits per heavy atom. The Morgan fingerprint density at radius 3 is 2.79 bits per heavy atom. The van der Waals surface area contributed by atoms with Gasteiger partial charge in [0.05, 0.1) is 13.2 Å². The van der Waals surface area contributed by atoms with Gasteiger partial charge in [-0.3, -0.25) is 0 Å². The zero-order valence-corrected chi connectivity index (χ0v) is 9.01. The minimum atomic E-state index is -0.693. The average molecular weight is 204 g/mol. The number of rotatable bonds is 8. The molecular weight excluding hydrogens is 183 g/mol. The highest BCUT2D eigenvalue weighted by atomic mass is 19.1. The maximum Gasteiger partial charge on any atom is 0.159 e. The summed E-state index contributed by atoms with van der Waals surface area (Å²) in [6, 6.07) is 0. The molecule has 1 aliphatic rings. The van der Waals surface area contributed by atoms with Crippen LogP contribution in [0.15, 0.2) is 0 Å². The van der Waals surface area contributed by atoms with Crippen LogP contribution < -0.4 is 0 Å². The van der Waals surface area contributed by atoms with E-state index < -0.39 is 6.17 Å². The maximum absolute atomic E-state index is 13.2. The van der Waals surface area contributed by atoms with E-state index in [2.05, 4.69) is 6.92 Å². The molecule has 0 amide bonds. The summed E-state index contributed by atoms with van der Waals surface area (Å²) in [6.45, 7) is 3.42. The molecule has 0 aromatic carbocycles. The van der Waals surface area contributed by atoms with Crippen molar-refractivity contribution >= 4 is 0 Å². The van der Waals surface area contributed by atoms with Gasteiger partial charge in [-0.25, -0.2) is 4.39 Å². The van der Waals surface area contributed by atoms with Gasteiger partial charge in [0, 0.05) is 12.8 Å². The van der Waals surface area contributed by atoms with Crippen LogP contribution >= 0.6 is 0 Å². The molecule has 1 rings (SSSR count). The van der Waals surface area contributed by atoms with Crippen molar-refractivity contribution in [3.8, 4) is 0 Å². The van der Waals surface area contributed by atoms with Crippen LogP contribution in [-0.4, -0.2) is 25.7 Å². The van der Waals surface area contributed by atoms with Gasteiger partial charge >= 0.3 is 0 Å². The lowest BCUT2D eigenvalue weighted by Gasteiger charge is -2.26.